The van der Waals surface area contributed by atoms with Gasteiger partial charge in [-0.2, -0.15) is 0 Å². The molecule has 0 aliphatic rings. The minimum absolute atomic E-state index is 0.646. The molecule has 210 valence electrons. The normalized spacial score (nSPS) is 11.6. The molecule has 0 bridgehead atoms. The number of furan rings is 1. The maximum Gasteiger partial charge on any atom is 0.164 e. The monoisotopic (exact) mass is 575 g/mol. The summed E-state index contributed by atoms with van der Waals surface area (Å²) in [6.45, 7) is 0. The molecule has 45 heavy (non-hydrogen) atoms. The van der Waals surface area contributed by atoms with Crippen LogP contribution in [0, 0.1) is 0 Å². The van der Waals surface area contributed by atoms with Crippen molar-refractivity contribution in [3.8, 4) is 45.3 Å². The second-order valence-corrected chi connectivity index (χ2v) is 11.2. The fraction of sp³-hybridized carbons (Fsp3) is 0. The van der Waals surface area contributed by atoms with Gasteiger partial charge in [0.05, 0.1) is 0 Å². The molecule has 0 unspecified atom stereocenters. The third-order valence-corrected chi connectivity index (χ3v) is 8.52. The summed E-state index contributed by atoms with van der Waals surface area (Å²) in [6, 6.07) is 52.2. The van der Waals surface area contributed by atoms with Crippen molar-refractivity contribution in [1.29, 1.82) is 0 Å². The van der Waals surface area contributed by atoms with E-state index in [-0.39, 0.29) is 0 Å². The third kappa shape index (κ3) is 4.27. The summed E-state index contributed by atoms with van der Waals surface area (Å²) in [7, 11) is 0. The largest absolute Gasteiger partial charge is 0.455 e. The first-order chi connectivity index (χ1) is 22.3. The highest BCUT2D eigenvalue weighted by Crippen LogP contribution is 2.42. The molecule has 2 aromatic heterocycles. The fourth-order valence-electron chi connectivity index (χ4n) is 6.33. The number of para-hydroxylation sites is 1. The van der Waals surface area contributed by atoms with Crippen LogP contribution in [0.25, 0.3) is 88.8 Å². The van der Waals surface area contributed by atoms with E-state index < -0.39 is 0 Å². The summed E-state index contributed by atoms with van der Waals surface area (Å²) in [4.78, 5) is 14.6. The minimum Gasteiger partial charge on any atom is -0.455 e. The van der Waals surface area contributed by atoms with Gasteiger partial charge in [-0.1, -0.05) is 140 Å². The average Bonchev–Trinajstić information content (AvgIpc) is 3.52. The summed E-state index contributed by atoms with van der Waals surface area (Å²) in [5.74, 6) is 1.96. The number of fused-ring (bicyclic) bond motifs is 8. The Kier molecular flexibility index (Phi) is 5.78. The van der Waals surface area contributed by atoms with Gasteiger partial charge in [0.15, 0.2) is 17.5 Å². The fourth-order valence-corrected chi connectivity index (χ4v) is 6.33. The molecule has 7 aromatic carbocycles. The lowest BCUT2D eigenvalue weighted by molar-refractivity contribution is 0.673. The summed E-state index contributed by atoms with van der Waals surface area (Å²) in [5, 5.41) is 7.03. The molecule has 0 fully saturated rings. The van der Waals surface area contributed by atoms with Gasteiger partial charge >= 0.3 is 0 Å². The Bertz CT molecular complexity index is 2460. The van der Waals surface area contributed by atoms with Crippen molar-refractivity contribution >= 4 is 43.5 Å². The smallest absolute Gasteiger partial charge is 0.164 e. The molecule has 0 spiro atoms. The standard InChI is InChI=1S/C41H25N3O/c1-3-11-27(12-4-1)39-42-40(28-13-5-2-6-14-28)44-41(43-39)29-21-19-26(20-22-29)30-23-24-32-35(25-30)31-15-7-8-16-33(31)38-37(32)34-17-9-10-18-36(34)45-38/h1-25H. The maximum absolute atomic E-state index is 6.40. The SMILES string of the molecule is c1ccc(-c2nc(-c3ccccc3)nc(-c3ccc(-c4ccc5c(c4)c4ccccc4c4oc6ccccc6c54)cc3)n2)cc1. The highest BCUT2D eigenvalue weighted by molar-refractivity contribution is 6.30. The number of benzene rings is 7. The second kappa shape index (κ2) is 10.2. The van der Waals surface area contributed by atoms with E-state index in [9.17, 15) is 0 Å². The molecule has 2 heterocycles. The van der Waals surface area contributed by atoms with Crippen molar-refractivity contribution < 1.29 is 4.42 Å². The van der Waals surface area contributed by atoms with Crippen LogP contribution in [0.3, 0.4) is 0 Å². The van der Waals surface area contributed by atoms with Crippen molar-refractivity contribution in [2.45, 2.75) is 0 Å². The zero-order chi connectivity index (χ0) is 29.7. The molecular weight excluding hydrogens is 550 g/mol. The lowest BCUT2D eigenvalue weighted by atomic mass is 9.93. The number of hydrogen-bond acceptors (Lipinski definition) is 4. The van der Waals surface area contributed by atoms with Gasteiger partial charge in [0, 0.05) is 32.8 Å². The molecule has 0 aliphatic heterocycles. The molecule has 4 heteroatoms. The Morgan fingerprint density at radius 2 is 0.822 bits per heavy atom. The van der Waals surface area contributed by atoms with Crippen molar-refractivity contribution in [2.24, 2.45) is 0 Å². The maximum atomic E-state index is 6.40. The molecule has 0 saturated heterocycles. The molecule has 4 nitrogen and oxygen atoms in total. The topological polar surface area (TPSA) is 51.8 Å². The molecule has 0 amide bonds. The van der Waals surface area contributed by atoms with Crippen LogP contribution in [0.15, 0.2) is 156 Å². The Balaban J connectivity index is 1.17. The molecule has 0 atom stereocenters. The number of aromatic nitrogens is 3. The summed E-state index contributed by atoms with van der Waals surface area (Å²) in [5.41, 5.74) is 6.98. The molecule has 0 N–H and O–H groups in total. The van der Waals surface area contributed by atoms with Crippen LogP contribution >= 0.6 is 0 Å². The first-order valence-corrected chi connectivity index (χ1v) is 15.0. The van der Waals surface area contributed by atoms with Crippen LogP contribution in [-0.4, -0.2) is 15.0 Å². The Morgan fingerprint density at radius 3 is 1.47 bits per heavy atom. The van der Waals surface area contributed by atoms with Crippen molar-refractivity contribution in [3.05, 3.63) is 152 Å². The first kappa shape index (κ1) is 25.4. The molecular formula is C41H25N3O. The zero-order valence-electron chi connectivity index (χ0n) is 24.2. The molecule has 0 saturated carbocycles. The van der Waals surface area contributed by atoms with Gasteiger partial charge in [-0.05, 0) is 39.4 Å². The number of nitrogens with zero attached hydrogens (tertiary/aromatic N) is 3. The summed E-state index contributed by atoms with van der Waals surface area (Å²) < 4.78 is 6.40. The quantitative estimate of drug-likeness (QED) is 0.196. The van der Waals surface area contributed by atoms with Gasteiger partial charge in [0.25, 0.3) is 0 Å². The molecule has 9 rings (SSSR count). The lowest BCUT2D eigenvalue weighted by Crippen LogP contribution is -2.00. The molecule has 9 aromatic rings. The predicted octanol–water partition coefficient (Wildman–Crippen LogP) is 10.7. The molecule has 0 radical (unpaired) electrons. The Morgan fingerprint density at radius 1 is 0.333 bits per heavy atom. The van der Waals surface area contributed by atoms with E-state index in [1.54, 1.807) is 0 Å². The van der Waals surface area contributed by atoms with E-state index in [2.05, 4.69) is 78.9 Å². The highest BCUT2D eigenvalue weighted by Gasteiger charge is 2.17. The minimum atomic E-state index is 0.646. The van der Waals surface area contributed by atoms with E-state index >= 15 is 0 Å². The Hall–Kier alpha value is -6.13. The van der Waals surface area contributed by atoms with Gasteiger partial charge in [-0.15, -0.1) is 0 Å². The van der Waals surface area contributed by atoms with Gasteiger partial charge in [0.2, 0.25) is 0 Å². The van der Waals surface area contributed by atoms with Crippen LogP contribution in [0.5, 0.6) is 0 Å². The van der Waals surface area contributed by atoms with Crippen LogP contribution < -0.4 is 0 Å². The van der Waals surface area contributed by atoms with Crippen LogP contribution in [0.2, 0.25) is 0 Å². The average molecular weight is 576 g/mol. The number of hydrogen-bond donors (Lipinski definition) is 0. The third-order valence-electron chi connectivity index (χ3n) is 8.52. The van der Waals surface area contributed by atoms with E-state index in [0.29, 0.717) is 17.5 Å². The van der Waals surface area contributed by atoms with Gasteiger partial charge in [-0.25, -0.2) is 15.0 Å². The van der Waals surface area contributed by atoms with E-state index in [1.807, 2.05) is 72.8 Å². The van der Waals surface area contributed by atoms with E-state index in [1.165, 1.54) is 21.5 Å². The lowest BCUT2D eigenvalue weighted by Gasteiger charge is -2.11. The van der Waals surface area contributed by atoms with Crippen LogP contribution in [0.4, 0.5) is 0 Å². The van der Waals surface area contributed by atoms with Crippen molar-refractivity contribution in [3.63, 3.8) is 0 Å². The van der Waals surface area contributed by atoms with Crippen LogP contribution in [0.1, 0.15) is 0 Å². The van der Waals surface area contributed by atoms with Gasteiger partial charge in [-0.3, -0.25) is 0 Å². The van der Waals surface area contributed by atoms with Crippen LogP contribution in [-0.2, 0) is 0 Å². The van der Waals surface area contributed by atoms with Crippen molar-refractivity contribution in [1.82, 2.24) is 15.0 Å². The van der Waals surface area contributed by atoms with E-state index in [0.717, 1.165) is 49.8 Å². The number of rotatable bonds is 4. The highest BCUT2D eigenvalue weighted by atomic mass is 16.3. The zero-order valence-corrected chi connectivity index (χ0v) is 24.2. The Labute approximate surface area is 259 Å². The van der Waals surface area contributed by atoms with Gasteiger partial charge < -0.3 is 4.42 Å². The second-order valence-electron chi connectivity index (χ2n) is 11.2. The van der Waals surface area contributed by atoms with E-state index in [4.69, 9.17) is 19.4 Å². The first-order valence-electron chi connectivity index (χ1n) is 15.0. The molecule has 0 aliphatic carbocycles. The predicted molar refractivity (Wildman–Crippen MR) is 184 cm³/mol. The summed E-state index contributed by atoms with van der Waals surface area (Å²) >= 11 is 0. The summed E-state index contributed by atoms with van der Waals surface area (Å²) in [6.07, 6.45) is 0. The van der Waals surface area contributed by atoms with Crippen molar-refractivity contribution in [2.75, 3.05) is 0 Å². The van der Waals surface area contributed by atoms with Gasteiger partial charge in [0.1, 0.15) is 11.2 Å².